The number of hydrogen-bond donors (Lipinski definition) is 2. The van der Waals surface area contributed by atoms with Gasteiger partial charge in [0, 0.05) is 25.0 Å². The van der Waals surface area contributed by atoms with E-state index in [1.807, 2.05) is 29.5 Å². The van der Waals surface area contributed by atoms with E-state index in [1.54, 1.807) is 21.3 Å². The summed E-state index contributed by atoms with van der Waals surface area (Å²) < 4.78 is 10.7. The third-order valence-electron chi connectivity index (χ3n) is 5.05. The first-order valence-electron chi connectivity index (χ1n) is 9.68. The molecule has 1 aliphatic heterocycles. The van der Waals surface area contributed by atoms with Crippen LogP contribution in [-0.4, -0.2) is 51.8 Å². The topological polar surface area (TPSA) is 58.1 Å². The van der Waals surface area contributed by atoms with Gasteiger partial charge in [0.1, 0.15) is 0 Å². The lowest BCUT2D eigenvalue weighted by molar-refractivity contribution is 0.249. The van der Waals surface area contributed by atoms with Crippen LogP contribution in [0.15, 0.2) is 40.7 Å². The third-order valence-corrected chi connectivity index (χ3v) is 6.02. The van der Waals surface area contributed by atoms with Gasteiger partial charge in [-0.2, -0.15) is 0 Å². The summed E-state index contributed by atoms with van der Waals surface area (Å²) in [6.45, 7) is 3.84. The number of nitrogens with one attached hydrogen (secondary N) is 2. The third kappa shape index (κ3) is 6.48. The number of thiophene rings is 1. The van der Waals surface area contributed by atoms with E-state index in [2.05, 4.69) is 38.0 Å². The fourth-order valence-electron chi connectivity index (χ4n) is 3.53. The first-order valence-corrected chi connectivity index (χ1v) is 10.6. The number of halogens is 1. The maximum absolute atomic E-state index is 5.38. The first-order chi connectivity index (χ1) is 13.7. The highest BCUT2D eigenvalue weighted by molar-refractivity contribution is 14.0. The minimum Gasteiger partial charge on any atom is -0.493 e. The van der Waals surface area contributed by atoms with Crippen LogP contribution in [-0.2, 0) is 6.54 Å². The van der Waals surface area contributed by atoms with E-state index >= 15 is 0 Å². The van der Waals surface area contributed by atoms with Crippen LogP contribution in [0.5, 0.6) is 11.5 Å². The van der Waals surface area contributed by atoms with Gasteiger partial charge >= 0.3 is 0 Å². The van der Waals surface area contributed by atoms with E-state index < -0.39 is 0 Å². The monoisotopic (exact) mass is 530 g/mol. The van der Waals surface area contributed by atoms with E-state index in [9.17, 15) is 0 Å². The van der Waals surface area contributed by atoms with Gasteiger partial charge in [0.2, 0.25) is 0 Å². The van der Waals surface area contributed by atoms with Crippen LogP contribution in [0.2, 0.25) is 0 Å². The van der Waals surface area contributed by atoms with Crippen LogP contribution in [0.25, 0.3) is 0 Å². The quantitative estimate of drug-likeness (QED) is 0.308. The summed E-state index contributed by atoms with van der Waals surface area (Å²) >= 11 is 1.83. The first kappa shape index (κ1) is 23.8. The summed E-state index contributed by atoms with van der Waals surface area (Å²) in [7, 11) is 5.10. The second kappa shape index (κ2) is 12.2. The van der Waals surface area contributed by atoms with Gasteiger partial charge in [0.15, 0.2) is 17.5 Å². The SMILES string of the molecule is CN=C(NCc1ccc(OC)c(OC)c1)NCC(c1cccs1)N1CCCC1.I. The van der Waals surface area contributed by atoms with Crippen molar-refractivity contribution in [1.29, 1.82) is 0 Å². The molecule has 1 atom stereocenters. The Hall–Kier alpha value is -1.52. The lowest BCUT2D eigenvalue weighted by Gasteiger charge is -2.27. The number of methoxy groups -OCH3 is 2. The van der Waals surface area contributed by atoms with Crippen molar-refractivity contribution >= 4 is 41.3 Å². The summed E-state index contributed by atoms with van der Waals surface area (Å²) in [5, 5.41) is 9.05. The zero-order valence-electron chi connectivity index (χ0n) is 17.3. The molecule has 0 bridgehead atoms. The second-order valence-corrected chi connectivity index (χ2v) is 7.75. The average Bonchev–Trinajstić information content (AvgIpc) is 3.45. The number of aliphatic imine (C=N–C) groups is 1. The largest absolute Gasteiger partial charge is 0.493 e. The van der Waals surface area contributed by atoms with E-state index in [-0.39, 0.29) is 24.0 Å². The van der Waals surface area contributed by atoms with E-state index in [0.717, 1.165) is 29.6 Å². The normalized spacial score (nSPS) is 15.5. The standard InChI is InChI=1S/C21H30N4O2S.HI/c1-22-21(23-14-16-8-9-18(26-2)19(13-16)27-3)24-15-17(20-7-6-12-28-20)25-10-4-5-11-25;/h6-9,12-13,17H,4-5,10-11,14-15H2,1-3H3,(H2,22,23,24);1H. The van der Waals surface area contributed by atoms with E-state index in [4.69, 9.17) is 9.47 Å². The summed E-state index contributed by atoms with van der Waals surface area (Å²) in [6.07, 6.45) is 2.57. The molecular weight excluding hydrogens is 499 g/mol. The van der Waals surface area contributed by atoms with Crippen LogP contribution < -0.4 is 20.1 Å². The fraction of sp³-hybridized carbons (Fsp3) is 0.476. The van der Waals surface area contributed by atoms with Crippen LogP contribution in [0, 0.1) is 0 Å². The van der Waals surface area contributed by atoms with Crippen LogP contribution >= 0.6 is 35.3 Å². The van der Waals surface area contributed by atoms with Gasteiger partial charge in [-0.15, -0.1) is 35.3 Å². The molecule has 0 radical (unpaired) electrons. The maximum atomic E-state index is 5.38. The highest BCUT2D eigenvalue weighted by Gasteiger charge is 2.24. The average molecular weight is 530 g/mol. The molecule has 0 saturated carbocycles. The number of hydrogen-bond acceptors (Lipinski definition) is 5. The van der Waals surface area contributed by atoms with Gasteiger partial charge in [-0.3, -0.25) is 9.89 Å². The van der Waals surface area contributed by atoms with Gasteiger partial charge in [-0.1, -0.05) is 12.1 Å². The van der Waals surface area contributed by atoms with Crippen LogP contribution in [0.4, 0.5) is 0 Å². The summed E-state index contributed by atoms with van der Waals surface area (Å²) in [6, 6.07) is 10.7. The zero-order chi connectivity index (χ0) is 19.8. The molecule has 0 aliphatic carbocycles. The van der Waals surface area contributed by atoms with Crippen molar-refractivity contribution in [2.24, 2.45) is 4.99 Å². The summed E-state index contributed by atoms with van der Waals surface area (Å²) in [5.74, 6) is 2.27. The van der Waals surface area contributed by atoms with E-state index in [0.29, 0.717) is 12.6 Å². The Labute approximate surface area is 194 Å². The Bertz CT molecular complexity index is 764. The molecular formula is C21H31IN4O2S. The van der Waals surface area contributed by atoms with Crippen molar-refractivity contribution in [3.05, 3.63) is 46.2 Å². The molecule has 1 saturated heterocycles. The Kier molecular flexibility index (Phi) is 10.0. The van der Waals surface area contributed by atoms with Gasteiger partial charge in [-0.05, 0) is 55.1 Å². The van der Waals surface area contributed by atoms with E-state index in [1.165, 1.54) is 30.8 Å². The molecule has 0 spiro atoms. The van der Waals surface area contributed by atoms with Crippen molar-refractivity contribution in [3.8, 4) is 11.5 Å². The molecule has 1 aromatic heterocycles. The lowest BCUT2D eigenvalue weighted by atomic mass is 10.2. The number of guanidine groups is 1. The molecule has 1 aliphatic rings. The predicted octanol–water partition coefficient (Wildman–Crippen LogP) is 3.89. The smallest absolute Gasteiger partial charge is 0.191 e. The molecule has 8 heteroatoms. The van der Waals surface area contributed by atoms with Crippen LogP contribution in [0.1, 0.15) is 29.3 Å². The highest BCUT2D eigenvalue weighted by Crippen LogP contribution is 2.28. The molecule has 3 rings (SSSR count). The Morgan fingerprint density at radius 1 is 1.14 bits per heavy atom. The Morgan fingerprint density at radius 2 is 1.90 bits per heavy atom. The van der Waals surface area contributed by atoms with Gasteiger partial charge < -0.3 is 20.1 Å². The molecule has 160 valence electrons. The van der Waals surface area contributed by atoms with Gasteiger partial charge in [0.05, 0.1) is 20.3 Å². The minimum absolute atomic E-state index is 0. The van der Waals surface area contributed by atoms with Gasteiger partial charge in [-0.25, -0.2) is 0 Å². The van der Waals surface area contributed by atoms with Crippen molar-refractivity contribution in [3.63, 3.8) is 0 Å². The second-order valence-electron chi connectivity index (χ2n) is 6.77. The molecule has 29 heavy (non-hydrogen) atoms. The fourth-order valence-corrected chi connectivity index (χ4v) is 4.40. The minimum atomic E-state index is 0. The van der Waals surface area contributed by atoms with Crippen molar-refractivity contribution in [1.82, 2.24) is 15.5 Å². The zero-order valence-corrected chi connectivity index (χ0v) is 20.5. The van der Waals surface area contributed by atoms with Gasteiger partial charge in [0.25, 0.3) is 0 Å². The molecule has 2 N–H and O–H groups in total. The summed E-state index contributed by atoms with van der Waals surface area (Å²) in [5.41, 5.74) is 1.11. The summed E-state index contributed by atoms with van der Waals surface area (Å²) in [4.78, 5) is 8.36. The number of ether oxygens (including phenoxy) is 2. The maximum Gasteiger partial charge on any atom is 0.191 e. The van der Waals surface area contributed by atoms with Crippen molar-refractivity contribution < 1.29 is 9.47 Å². The van der Waals surface area contributed by atoms with Crippen molar-refractivity contribution in [2.75, 3.05) is 40.9 Å². The van der Waals surface area contributed by atoms with Crippen LogP contribution in [0.3, 0.4) is 0 Å². The lowest BCUT2D eigenvalue weighted by Crippen LogP contribution is -2.42. The number of benzene rings is 1. The number of likely N-dealkylation sites (tertiary alicyclic amines) is 1. The Morgan fingerprint density at radius 3 is 2.52 bits per heavy atom. The number of nitrogens with zero attached hydrogens (tertiary/aromatic N) is 2. The molecule has 1 fully saturated rings. The number of rotatable bonds is 8. The Balaban J connectivity index is 0.00000300. The van der Waals surface area contributed by atoms with Crippen molar-refractivity contribution in [2.45, 2.75) is 25.4 Å². The molecule has 2 aromatic rings. The highest BCUT2D eigenvalue weighted by atomic mass is 127. The molecule has 1 unspecified atom stereocenters. The predicted molar refractivity (Wildman–Crippen MR) is 131 cm³/mol. The molecule has 0 amide bonds. The molecule has 2 heterocycles. The molecule has 6 nitrogen and oxygen atoms in total. The molecule has 1 aromatic carbocycles.